The summed E-state index contributed by atoms with van der Waals surface area (Å²) in [6.45, 7) is 7.67. The molecule has 0 N–H and O–H groups in total. The summed E-state index contributed by atoms with van der Waals surface area (Å²) in [6, 6.07) is 14.1. The SMILES string of the molecule is CC(C)(C)c1cc2ncc3c(n2n1)C[C@@H]1CC[C@@H]3N1Cc1ccccc1. The lowest BCUT2D eigenvalue weighted by molar-refractivity contribution is 0.165. The Morgan fingerprint density at radius 3 is 2.69 bits per heavy atom. The molecular formula is C22H26N4. The lowest BCUT2D eigenvalue weighted by Gasteiger charge is -2.36. The monoisotopic (exact) mass is 346 g/mol. The van der Waals surface area contributed by atoms with Crippen molar-refractivity contribution in [2.45, 2.75) is 64.1 Å². The van der Waals surface area contributed by atoms with E-state index >= 15 is 0 Å². The second-order valence-electron chi connectivity index (χ2n) is 8.82. The van der Waals surface area contributed by atoms with E-state index in [9.17, 15) is 0 Å². The van der Waals surface area contributed by atoms with E-state index in [1.165, 1.54) is 29.7 Å². The molecular weight excluding hydrogens is 320 g/mol. The second-order valence-corrected chi connectivity index (χ2v) is 8.82. The van der Waals surface area contributed by atoms with Crippen LogP contribution in [-0.2, 0) is 18.4 Å². The summed E-state index contributed by atoms with van der Waals surface area (Å²) < 4.78 is 2.13. The van der Waals surface area contributed by atoms with Crippen molar-refractivity contribution in [1.82, 2.24) is 19.5 Å². The largest absolute Gasteiger partial charge is 0.289 e. The van der Waals surface area contributed by atoms with Gasteiger partial charge >= 0.3 is 0 Å². The first-order chi connectivity index (χ1) is 12.5. The van der Waals surface area contributed by atoms with Crippen LogP contribution in [0.3, 0.4) is 0 Å². The molecule has 1 aromatic carbocycles. The maximum Gasteiger partial charge on any atom is 0.155 e. The third-order valence-corrected chi connectivity index (χ3v) is 6.02. The molecule has 0 amide bonds. The summed E-state index contributed by atoms with van der Waals surface area (Å²) in [5, 5.41) is 4.94. The molecule has 2 aliphatic rings. The Morgan fingerprint density at radius 1 is 1.12 bits per heavy atom. The molecule has 1 fully saturated rings. The quantitative estimate of drug-likeness (QED) is 0.694. The Labute approximate surface area is 154 Å². The fraction of sp³-hybridized carbons (Fsp3) is 0.455. The Balaban J connectivity index is 1.55. The average Bonchev–Trinajstić information content (AvgIpc) is 3.16. The summed E-state index contributed by atoms with van der Waals surface area (Å²) in [6.07, 6.45) is 5.68. The highest BCUT2D eigenvalue weighted by molar-refractivity contribution is 5.45. The topological polar surface area (TPSA) is 33.4 Å². The van der Waals surface area contributed by atoms with Crippen LogP contribution in [0.5, 0.6) is 0 Å². The van der Waals surface area contributed by atoms with Gasteiger partial charge in [-0.15, -0.1) is 0 Å². The molecule has 5 rings (SSSR count). The first-order valence-electron chi connectivity index (χ1n) is 9.68. The zero-order valence-electron chi connectivity index (χ0n) is 15.8. The van der Waals surface area contributed by atoms with Gasteiger partial charge in [0.2, 0.25) is 0 Å². The molecule has 0 saturated carbocycles. The molecule has 3 aromatic rings. The van der Waals surface area contributed by atoms with Gasteiger partial charge in [0.05, 0.1) is 11.4 Å². The Morgan fingerprint density at radius 2 is 1.92 bits per heavy atom. The van der Waals surface area contributed by atoms with E-state index in [-0.39, 0.29) is 5.41 Å². The minimum atomic E-state index is 0.0492. The van der Waals surface area contributed by atoms with Gasteiger partial charge in [-0.2, -0.15) is 5.10 Å². The highest BCUT2D eigenvalue weighted by Crippen LogP contribution is 2.44. The van der Waals surface area contributed by atoms with Gasteiger partial charge < -0.3 is 0 Å². The van der Waals surface area contributed by atoms with Crippen LogP contribution in [-0.4, -0.2) is 25.5 Å². The van der Waals surface area contributed by atoms with Crippen molar-refractivity contribution in [3.8, 4) is 0 Å². The zero-order chi connectivity index (χ0) is 17.9. The molecule has 2 aliphatic heterocycles. The van der Waals surface area contributed by atoms with Gasteiger partial charge in [-0.3, -0.25) is 4.90 Å². The number of nitrogens with zero attached hydrogens (tertiary/aromatic N) is 4. The molecule has 4 heteroatoms. The van der Waals surface area contributed by atoms with E-state index in [0.29, 0.717) is 12.1 Å². The lowest BCUT2D eigenvalue weighted by Crippen LogP contribution is -2.38. The Bertz CT molecular complexity index is 951. The molecule has 2 aromatic heterocycles. The maximum atomic E-state index is 4.94. The van der Waals surface area contributed by atoms with E-state index in [2.05, 4.69) is 72.8 Å². The van der Waals surface area contributed by atoms with Crippen molar-refractivity contribution in [1.29, 1.82) is 0 Å². The van der Waals surface area contributed by atoms with Gasteiger partial charge in [0.1, 0.15) is 0 Å². The average molecular weight is 346 g/mol. The summed E-state index contributed by atoms with van der Waals surface area (Å²) in [4.78, 5) is 7.44. The molecule has 0 unspecified atom stereocenters. The summed E-state index contributed by atoms with van der Waals surface area (Å²) in [5.74, 6) is 0. The Hall–Kier alpha value is -2.20. The number of hydrogen-bond acceptors (Lipinski definition) is 3. The van der Waals surface area contributed by atoms with E-state index < -0.39 is 0 Å². The molecule has 0 aliphatic carbocycles. The highest BCUT2D eigenvalue weighted by atomic mass is 15.3. The van der Waals surface area contributed by atoms with Crippen LogP contribution in [0, 0.1) is 0 Å². The first kappa shape index (κ1) is 16.0. The van der Waals surface area contributed by atoms with E-state index in [1.807, 2.05) is 0 Å². The van der Waals surface area contributed by atoms with Crippen LogP contribution in [0.2, 0.25) is 0 Å². The molecule has 0 spiro atoms. The van der Waals surface area contributed by atoms with Gasteiger partial charge in [-0.05, 0) is 18.4 Å². The van der Waals surface area contributed by atoms with Crippen LogP contribution < -0.4 is 0 Å². The van der Waals surface area contributed by atoms with Gasteiger partial charge in [0, 0.05) is 48.3 Å². The molecule has 4 nitrogen and oxygen atoms in total. The summed E-state index contributed by atoms with van der Waals surface area (Å²) in [7, 11) is 0. The first-order valence-corrected chi connectivity index (χ1v) is 9.68. The maximum absolute atomic E-state index is 4.94. The summed E-state index contributed by atoms with van der Waals surface area (Å²) >= 11 is 0. The van der Waals surface area contributed by atoms with Crippen LogP contribution >= 0.6 is 0 Å². The predicted octanol–water partition coefficient (Wildman–Crippen LogP) is 4.29. The van der Waals surface area contributed by atoms with Gasteiger partial charge in [-0.1, -0.05) is 51.1 Å². The smallest absolute Gasteiger partial charge is 0.155 e. The molecule has 1 saturated heterocycles. The minimum Gasteiger partial charge on any atom is -0.289 e. The molecule has 134 valence electrons. The van der Waals surface area contributed by atoms with E-state index in [1.54, 1.807) is 0 Å². The number of hydrogen-bond donors (Lipinski definition) is 0. The highest BCUT2D eigenvalue weighted by Gasteiger charge is 2.41. The van der Waals surface area contributed by atoms with Crippen LogP contribution in [0.1, 0.15) is 62.2 Å². The fourth-order valence-electron chi connectivity index (χ4n) is 4.59. The second kappa shape index (κ2) is 5.65. The minimum absolute atomic E-state index is 0.0492. The third-order valence-electron chi connectivity index (χ3n) is 6.02. The third kappa shape index (κ3) is 2.47. The van der Waals surface area contributed by atoms with E-state index in [0.717, 1.165) is 24.3 Å². The van der Waals surface area contributed by atoms with Crippen LogP contribution in [0.4, 0.5) is 0 Å². The van der Waals surface area contributed by atoms with Crippen molar-refractivity contribution in [3.05, 3.63) is 65.1 Å². The van der Waals surface area contributed by atoms with Crippen molar-refractivity contribution in [2.75, 3.05) is 0 Å². The number of fused-ring (bicyclic) bond motifs is 6. The van der Waals surface area contributed by atoms with Gasteiger partial charge in [-0.25, -0.2) is 9.50 Å². The van der Waals surface area contributed by atoms with Crippen molar-refractivity contribution in [3.63, 3.8) is 0 Å². The molecule has 2 atom stereocenters. The Kier molecular flexibility index (Phi) is 3.48. The molecule has 2 bridgehead atoms. The zero-order valence-corrected chi connectivity index (χ0v) is 15.8. The van der Waals surface area contributed by atoms with Crippen molar-refractivity contribution < 1.29 is 0 Å². The fourth-order valence-corrected chi connectivity index (χ4v) is 4.59. The molecule has 0 radical (unpaired) electrons. The number of benzene rings is 1. The molecule has 26 heavy (non-hydrogen) atoms. The van der Waals surface area contributed by atoms with Crippen molar-refractivity contribution in [2.24, 2.45) is 0 Å². The standard InChI is InChI=1S/C22H26N4/c1-22(2,3)20-12-21-23-13-17-18-10-9-16(11-19(17)26(21)24-20)25(18)14-15-7-5-4-6-8-15/h4-8,12-13,16,18H,9-11,14H2,1-3H3/t16-,18-/m0/s1. The number of rotatable bonds is 2. The number of aromatic nitrogens is 3. The van der Waals surface area contributed by atoms with E-state index in [4.69, 9.17) is 10.1 Å². The normalized spacial score (nSPS) is 22.7. The van der Waals surface area contributed by atoms with Crippen LogP contribution in [0.15, 0.2) is 42.6 Å². The van der Waals surface area contributed by atoms with Gasteiger partial charge in [0.15, 0.2) is 5.65 Å². The van der Waals surface area contributed by atoms with Crippen LogP contribution in [0.25, 0.3) is 5.65 Å². The van der Waals surface area contributed by atoms with Gasteiger partial charge in [0.25, 0.3) is 0 Å². The summed E-state index contributed by atoms with van der Waals surface area (Å²) in [5.41, 5.74) is 6.32. The molecule has 4 heterocycles. The predicted molar refractivity (Wildman–Crippen MR) is 103 cm³/mol. The van der Waals surface area contributed by atoms with Crippen molar-refractivity contribution >= 4 is 5.65 Å². The lowest BCUT2D eigenvalue weighted by atomic mass is 9.93.